The average Bonchev–Trinajstić information content (AvgIpc) is 2.65. The third-order valence-electron chi connectivity index (χ3n) is 4.39. The fourth-order valence-electron chi connectivity index (χ4n) is 2.92. The number of likely N-dealkylation sites (N-methyl/N-ethyl adjacent to an activating group) is 2. The van der Waals surface area contributed by atoms with Gasteiger partial charge in [-0.3, -0.25) is 0 Å². The second-order valence-corrected chi connectivity index (χ2v) is 6.57. The summed E-state index contributed by atoms with van der Waals surface area (Å²) < 4.78 is 5.59. The lowest BCUT2D eigenvalue weighted by atomic mass is 10.1. The first-order valence-corrected chi connectivity index (χ1v) is 8.75. The van der Waals surface area contributed by atoms with Crippen LogP contribution in [0.1, 0.15) is 12.5 Å². The lowest BCUT2D eigenvalue weighted by molar-refractivity contribution is 0.416. The molecule has 1 aromatic carbocycles. The molecule has 0 aliphatic carbocycles. The van der Waals surface area contributed by atoms with E-state index in [9.17, 15) is 4.79 Å². The Morgan fingerprint density at radius 2 is 1.88 bits per heavy atom. The summed E-state index contributed by atoms with van der Waals surface area (Å²) in [6.07, 6.45) is 2.49. The zero-order chi connectivity index (χ0) is 18.7. The van der Waals surface area contributed by atoms with Gasteiger partial charge in [-0.05, 0) is 44.3 Å². The summed E-state index contributed by atoms with van der Waals surface area (Å²) in [5.41, 5.74) is 1.97. The monoisotopic (exact) mass is 352 g/mol. The number of aromatic nitrogens is 2. The number of fused-ring (bicyclic) bond motifs is 1. The molecule has 0 radical (unpaired) electrons. The Bertz CT molecular complexity index is 965. The molecule has 0 saturated heterocycles. The van der Waals surface area contributed by atoms with E-state index >= 15 is 0 Å². The van der Waals surface area contributed by atoms with Crippen molar-refractivity contribution < 1.29 is 4.42 Å². The van der Waals surface area contributed by atoms with Crippen LogP contribution in [0.15, 0.2) is 45.7 Å². The molecule has 3 aromatic rings. The Balaban J connectivity index is 2.09. The van der Waals surface area contributed by atoms with Crippen molar-refractivity contribution in [2.75, 3.05) is 39.1 Å². The maximum Gasteiger partial charge on any atom is 0.347 e. The molecule has 0 N–H and O–H groups in total. The van der Waals surface area contributed by atoms with Gasteiger partial charge in [-0.25, -0.2) is 14.8 Å². The molecular formula is C20H24N4O2. The summed E-state index contributed by atoms with van der Waals surface area (Å²) in [6, 6.07) is 9.42. The quantitative estimate of drug-likeness (QED) is 0.680. The molecule has 2 aromatic heterocycles. The molecule has 2 heterocycles. The lowest BCUT2D eigenvalue weighted by Crippen LogP contribution is -2.29. The van der Waals surface area contributed by atoms with Gasteiger partial charge in [-0.1, -0.05) is 19.1 Å². The van der Waals surface area contributed by atoms with Crippen molar-refractivity contribution in [2.45, 2.75) is 13.3 Å². The Morgan fingerprint density at radius 3 is 2.62 bits per heavy atom. The van der Waals surface area contributed by atoms with Gasteiger partial charge in [0.1, 0.15) is 5.82 Å². The number of aryl methyl sites for hydroxylation is 1. The molecule has 0 bridgehead atoms. The van der Waals surface area contributed by atoms with Crippen LogP contribution < -0.4 is 10.5 Å². The molecule has 3 rings (SSSR count). The van der Waals surface area contributed by atoms with Crippen LogP contribution in [0.25, 0.3) is 22.4 Å². The molecule has 6 nitrogen and oxygen atoms in total. The Kier molecular flexibility index (Phi) is 5.32. The van der Waals surface area contributed by atoms with Crippen LogP contribution >= 0.6 is 0 Å². The van der Waals surface area contributed by atoms with E-state index in [1.54, 1.807) is 6.20 Å². The highest BCUT2D eigenvalue weighted by atomic mass is 16.4. The van der Waals surface area contributed by atoms with Crippen molar-refractivity contribution in [3.05, 3.63) is 52.5 Å². The van der Waals surface area contributed by atoms with E-state index in [0.717, 1.165) is 36.5 Å². The first-order valence-electron chi connectivity index (χ1n) is 8.75. The number of nitrogens with zero attached hydrogens (tertiary/aromatic N) is 4. The van der Waals surface area contributed by atoms with Crippen molar-refractivity contribution in [3.63, 3.8) is 0 Å². The van der Waals surface area contributed by atoms with Crippen molar-refractivity contribution >= 4 is 16.7 Å². The molecule has 6 heteroatoms. The van der Waals surface area contributed by atoms with Gasteiger partial charge in [0.15, 0.2) is 0 Å². The summed E-state index contributed by atoms with van der Waals surface area (Å²) in [5, 5.41) is 0.560. The second-order valence-electron chi connectivity index (χ2n) is 6.57. The maximum atomic E-state index is 12.6. The normalized spacial score (nSPS) is 11.3. The van der Waals surface area contributed by atoms with Crippen LogP contribution in [0.4, 0.5) is 5.82 Å². The summed E-state index contributed by atoms with van der Waals surface area (Å²) in [7, 11) is 6.04. The topological polar surface area (TPSA) is 62.5 Å². The molecule has 0 atom stereocenters. The molecule has 136 valence electrons. The fourth-order valence-corrected chi connectivity index (χ4v) is 2.92. The van der Waals surface area contributed by atoms with Gasteiger partial charge in [0, 0.05) is 26.3 Å². The zero-order valence-corrected chi connectivity index (χ0v) is 15.7. The van der Waals surface area contributed by atoms with Gasteiger partial charge in [-0.2, -0.15) is 0 Å². The minimum atomic E-state index is -0.354. The molecule has 26 heavy (non-hydrogen) atoms. The summed E-state index contributed by atoms with van der Waals surface area (Å²) in [5.74, 6) is 1.05. The molecule has 0 amide bonds. The number of benzene rings is 1. The highest BCUT2D eigenvalue weighted by molar-refractivity contribution is 5.83. The number of hydrogen-bond donors (Lipinski definition) is 0. The molecule has 0 fully saturated rings. The van der Waals surface area contributed by atoms with Crippen LogP contribution in [0.3, 0.4) is 0 Å². The zero-order valence-electron chi connectivity index (χ0n) is 15.7. The maximum absolute atomic E-state index is 12.6. The summed E-state index contributed by atoms with van der Waals surface area (Å²) in [4.78, 5) is 25.8. The van der Waals surface area contributed by atoms with E-state index in [2.05, 4.69) is 14.9 Å². The highest BCUT2D eigenvalue weighted by Gasteiger charge is 2.17. The van der Waals surface area contributed by atoms with Gasteiger partial charge < -0.3 is 14.2 Å². The molecule has 0 unspecified atom stereocenters. The smallest absolute Gasteiger partial charge is 0.347 e. The van der Waals surface area contributed by atoms with Crippen LogP contribution in [0.5, 0.6) is 0 Å². The third kappa shape index (κ3) is 3.60. The largest absolute Gasteiger partial charge is 0.403 e. The fraction of sp³-hybridized carbons (Fsp3) is 0.350. The second kappa shape index (κ2) is 7.66. The predicted molar refractivity (Wildman–Crippen MR) is 105 cm³/mol. The number of anilines is 1. The first kappa shape index (κ1) is 18.1. The average molecular weight is 352 g/mol. The summed E-state index contributed by atoms with van der Waals surface area (Å²) >= 11 is 0. The minimum absolute atomic E-state index is 0.301. The molecular weight excluding hydrogens is 328 g/mol. The van der Waals surface area contributed by atoms with Crippen LogP contribution in [0.2, 0.25) is 0 Å². The van der Waals surface area contributed by atoms with Crippen molar-refractivity contribution in [1.82, 2.24) is 14.9 Å². The first-order chi connectivity index (χ1) is 12.5. The highest BCUT2D eigenvalue weighted by Crippen LogP contribution is 2.27. The predicted octanol–water partition coefficient (Wildman–Crippen LogP) is 2.81. The van der Waals surface area contributed by atoms with Gasteiger partial charge in [0.25, 0.3) is 0 Å². The Morgan fingerprint density at radius 1 is 1.08 bits per heavy atom. The molecule has 0 aliphatic heterocycles. The van der Waals surface area contributed by atoms with Crippen molar-refractivity contribution in [3.8, 4) is 11.5 Å². The number of hydrogen-bond acceptors (Lipinski definition) is 6. The van der Waals surface area contributed by atoms with Gasteiger partial charge in [-0.15, -0.1) is 0 Å². The van der Waals surface area contributed by atoms with E-state index in [1.807, 2.05) is 63.3 Å². The summed E-state index contributed by atoms with van der Waals surface area (Å²) in [6.45, 7) is 3.71. The van der Waals surface area contributed by atoms with E-state index in [-0.39, 0.29) is 5.63 Å². The lowest BCUT2D eigenvalue weighted by Gasteiger charge is -2.22. The van der Waals surface area contributed by atoms with Crippen LogP contribution in [-0.4, -0.2) is 49.1 Å². The van der Waals surface area contributed by atoms with Crippen molar-refractivity contribution in [2.24, 2.45) is 0 Å². The number of rotatable bonds is 6. The Hall–Kier alpha value is -2.73. The molecule has 0 spiro atoms. The van der Waals surface area contributed by atoms with Crippen LogP contribution in [0, 0.1) is 0 Å². The molecule has 0 saturated carbocycles. The Labute approximate surface area is 153 Å². The van der Waals surface area contributed by atoms with Crippen molar-refractivity contribution in [1.29, 1.82) is 0 Å². The SMILES string of the molecule is CCc1cccc2nc(-c3cccnc3N(C)CCN(C)C)oc(=O)c12. The molecule has 0 aliphatic rings. The van der Waals surface area contributed by atoms with E-state index in [0.29, 0.717) is 16.8 Å². The van der Waals surface area contributed by atoms with E-state index in [1.165, 1.54) is 0 Å². The minimum Gasteiger partial charge on any atom is -0.403 e. The van der Waals surface area contributed by atoms with E-state index in [4.69, 9.17) is 4.42 Å². The van der Waals surface area contributed by atoms with Gasteiger partial charge in [0.2, 0.25) is 5.89 Å². The van der Waals surface area contributed by atoms with E-state index < -0.39 is 0 Å². The standard InChI is InChI=1S/C20H24N4O2/c1-5-14-8-6-10-16-17(14)20(25)26-19(22-16)15-9-7-11-21-18(15)24(4)13-12-23(2)3/h6-11H,5,12-13H2,1-4H3. The van der Waals surface area contributed by atoms with Crippen LogP contribution in [-0.2, 0) is 6.42 Å². The van der Waals surface area contributed by atoms with Gasteiger partial charge >= 0.3 is 5.63 Å². The van der Waals surface area contributed by atoms with Gasteiger partial charge in [0.05, 0.1) is 16.5 Å². The third-order valence-corrected chi connectivity index (χ3v) is 4.39. The number of pyridine rings is 1.